The van der Waals surface area contributed by atoms with E-state index in [0.717, 1.165) is 67.3 Å². The number of anilines is 2. The van der Waals surface area contributed by atoms with E-state index in [0.29, 0.717) is 5.92 Å². The number of aromatic nitrogens is 3. The molecule has 7 nitrogen and oxygen atoms in total. The minimum atomic E-state index is -0.237. The van der Waals surface area contributed by atoms with Crippen LogP contribution in [-0.4, -0.2) is 32.9 Å². The maximum atomic E-state index is 12.1. The Balaban J connectivity index is 1.14. The van der Waals surface area contributed by atoms with Crippen LogP contribution in [0.1, 0.15) is 55.8 Å². The lowest BCUT2D eigenvalue weighted by molar-refractivity contribution is -0.0506. The molecule has 142 valence electrons. The maximum Gasteiger partial charge on any atom is 0.407 e. The summed E-state index contributed by atoms with van der Waals surface area (Å²) in [5, 5.41) is 13.9. The zero-order valence-corrected chi connectivity index (χ0v) is 15.5. The molecule has 7 heteroatoms. The molecule has 4 aliphatic rings. The molecule has 4 aliphatic carbocycles. The van der Waals surface area contributed by atoms with Gasteiger partial charge in [-0.1, -0.05) is 0 Å². The van der Waals surface area contributed by atoms with Gasteiger partial charge in [-0.25, -0.2) is 4.79 Å². The Bertz CT molecular complexity index is 847. The maximum absolute atomic E-state index is 12.1. The molecular formula is C20H25N5O2. The number of rotatable bonds is 5. The van der Waals surface area contributed by atoms with Crippen LogP contribution in [0.5, 0.6) is 0 Å². The summed E-state index contributed by atoms with van der Waals surface area (Å²) >= 11 is 0. The van der Waals surface area contributed by atoms with Crippen molar-refractivity contribution in [1.29, 1.82) is 0 Å². The van der Waals surface area contributed by atoms with Gasteiger partial charge in [0.25, 0.3) is 0 Å². The lowest BCUT2D eigenvalue weighted by Crippen LogP contribution is -2.68. The van der Waals surface area contributed by atoms with E-state index in [1.54, 1.807) is 6.20 Å². The minimum Gasteiger partial charge on any atom is -0.446 e. The summed E-state index contributed by atoms with van der Waals surface area (Å²) in [6.07, 6.45) is 7.69. The van der Waals surface area contributed by atoms with Gasteiger partial charge in [-0.2, -0.15) is 5.10 Å². The number of H-pyrrole nitrogens is 1. The highest BCUT2D eigenvalue weighted by Gasteiger charge is 2.57. The van der Waals surface area contributed by atoms with Gasteiger partial charge in [0.2, 0.25) is 0 Å². The topological polar surface area (TPSA) is 91.9 Å². The number of ether oxygens (including phenoxy) is 1. The van der Waals surface area contributed by atoms with Gasteiger partial charge in [0.1, 0.15) is 6.10 Å². The highest BCUT2D eigenvalue weighted by molar-refractivity contribution is 5.69. The second-order valence-electron chi connectivity index (χ2n) is 8.44. The molecule has 1 amide bonds. The smallest absolute Gasteiger partial charge is 0.407 e. The van der Waals surface area contributed by atoms with E-state index in [9.17, 15) is 4.79 Å². The molecule has 4 saturated carbocycles. The first-order chi connectivity index (χ1) is 13.1. The second kappa shape index (κ2) is 6.25. The number of carbonyl (C=O) groups is 1. The third-order valence-corrected chi connectivity index (χ3v) is 6.27. The summed E-state index contributed by atoms with van der Waals surface area (Å²) in [7, 11) is 0. The molecule has 2 bridgehead atoms. The number of nitrogens with zero attached hydrogens (tertiary/aromatic N) is 2. The number of carbonyl (C=O) groups excluding carboxylic acids is 1. The van der Waals surface area contributed by atoms with Crippen molar-refractivity contribution in [3.05, 3.63) is 35.8 Å². The van der Waals surface area contributed by atoms with Crippen LogP contribution in [0.4, 0.5) is 16.3 Å². The van der Waals surface area contributed by atoms with E-state index in [1.165, 1.54) is 0 Å². The number of nitrogens with one attached hydrogen (secondary N) is 3. The molecule has 2 aromatic heterocycles. The van der Waals surface area contributed by atoms with E-state index in [2.05, 4.69) is 25.8 Å². The van der Waals surface area contributed by atoms with Crippen molar-refractivity contribution in [3.63, 3.8) is 0 Å². The SMILES string of the molecule is Cc1cc(Nc2cc([C@H]3CC[C@@H](OC(=O)NC45CC(C4)C5)C3)[nH]n2)ccn1. The van der Waals surface area contributed by atoms with Crippen LogP contribution >= 0.6 is 0 Å². The number of aryl methyl sites for hydroxylation is 1. The summed E-state index contributed by atoms with van der Waals surface area (Å²) in [4.78, 5) is 16.3. The molecule has 0 spiro atoms. The van der Waals surface area contributed by atoms with E-state index in [4.69, 9.17) is 4.74 Å². The van der Waals surface area contributed by atoms with Crippen molar-refractivity contribution < 1.29 is 9.53 Å². The van der Waals surface area contributed by atoms with E-state index in [-0.39, 0.29) is 17.7 Å². The van der Waals surface area contributed by atoms with Crippen molar-refractivity contribution >= 4 is 17.6 Å². The predicted octanol–water partition coefficient (Wildman–Crippen LogP) is 3.77. The van der Waals surface area contributed by atoms with Crippen LogP contribution in [0.25, 0.3) is 0 Å². The number of alkyl carbamates (subject to hydrolysis) is 1. The van der Waals surface area contributed by atoms with Gasteiger partial charge in [-0.15, -0.1) is 0 Å². The average molecular weight is 367 g/mol. The molecule has 0 saturated heterocycles. The second-order valence-corrected chi connectivity index (χ2v) is 8.44. The fraction of sp³-hybridized carbons (Fsp3) is 0.550. The quantitative estimate of drug-likeness (QED) is 0.748. The minimum absolute atomic E-state index is 0.00935. The Hall–Kier alpha value is -2.57. The lowest BCUT2D eigenvalue weighted by atomic mass is 9.50. The molecule has 2 aromatic rings. The van der Waals surface area contributed by atoms with Gasteiger partial charge >= 0.3 is 6.09 Å². The highest BCUT2D eigenvalue weighted by Crippen LogP contribution is 2.57. The Labute approximate surface area is 158 Å². The van der Waals surface area contributed by atoms with Gasteiger partial charge < -0.3 is 15.4 Å². The van der Waals surface area contributed by atoms with Crippen molar-refractivity contribution in [2.75, 3.05) is 5.32 Å². The zero-order valence-electron chi connectivity index (χ0n) is 15.5. The first kappa shape index (κ1) is 16.6. The zero-order chi connectivity index (χ0) is 18.4. The van der Waals surface area contributed by atoms with Crippen LogP contribution in [0.2, 0.25) is 0 Å². The van der Waals surface area contributed by atoms with Crippen molar-refractivity contribution in [2.24, 2.45) is 5.92 Å². The molecule has 0 aliphatic heterocycles. The van der Waals surface area contributed by atoms with Gasteiger partial charge in [-0.05, 0) is 63.5 Å². The normalized spacial score (nSPS) is 30.9. The van der Waals surface area contributed by atoms with Crippen LogP contribution < -0.4 is 10.6 Å². The molecule has 0 unspecified atom stereocenters. The van der Waals surface area contributed by atoms with Gasteiger partial charge in [0, 0.05) is 40.8 Å². The van der Waals surface area contributed by atoms with Crippen molar-refractivity contribution in [1.82, 2.24) is 20.5 Å². The monoisotopic (exact) mass is 367 g/mol. The summed E-state index contributed by atoms with van der Waals surface area (Å²) in [6, 6.07) is 5.95. The van der Waals surface area contributed by atoms with Crippen molar-refractivity contribution in [2.45, 2.75) is 63.0 Å². The summed E-state index contributed by atoms with van der Waals surface area (Å²) in [5.74, 6) is 1.99. The van der Waals surface area contributed by atoms with Crippen LogP contribution in [0.15, 0.2) is 24.4 Å². The first-order valence-electron chi connectivity index (χ1n) is 9.81. The largest absolute Gasteiger partial charge is 0.446 e. The summed E-state index contributed by atoms with van der Waals surface area (Å²) in [6.45, 7) is 1.96. The van der Waals surface area contributed by atoms with Crippen molar-refractivity contribution in [3.8, 4) is 0 Å². The number of hydrogen-bond donors (Lipinski definition) is 3. The van der Waals surface area contributed by atoms with Crippen LogP contribution in [0, 0.1) is 12.8 Å². The summed E-state index contributed by atoms with van der Waals surface area (Å²) in [5.41, 5.74) is 3.10. The molecular weight excluding hydrogens is 342 g/mol. The fourth-order valence-electron chi connectivity index (χ4n) is 4.74. The third-order valence-electron chi connectivity index (χ3n) is 6.27. The molecule has 4 fully saturated rings. The van der Waals surface area contributed by atoms with Crippen LogP contribution in [0.3, 0.4) is 0 Å². The molecule has 2 atom stereocenters. The number of amides is 1. The van der Waals surface area contributed by atoms with Gasteiger partial charge in [-0.3, -0.25) is 10.1 Å². The number of pyridine rings is 1. The first-order valence-corrected chi connectivity index (χ1v) is 9.81. The molecule has 0 aromatic carbocycles. The molecule has 0 radical (unpaired) electrons. The van der Waals surface area contributed by atoms with E-state index >= 15 is 0 Å². The lowest BCUT2D eigenvalue weighted by Gasteiger charge is -2.61. The Morgan fingerprint density at radius 2 is 2.15 bits per heavy atom. The Morgan fingerprint density at radius 3 is 2.89 bits per heavy atom. The molecule has 6 rings (SSSR count). The third kappa shape index (κ3) is 3.26. The molecule has 3 N–H and O–H groups in total. The van der Waals surface area contributed by atoms with E-state index in [1.807, 2.05) is 25.1 Å². The average Bonchev–Trinajstić information content (AvgIpc) is 3.19. The summed E-state index contributed by atoms with van der Waals surface area (Å²) < 4.78 is 5.67. The Kier molecular flexibility index (Phi) is 3.84. The van der Waals surface area contributed by atoms with E-state index < -0.39 is 0 Å². The molecule has 27 heavy (non-hydrogen) atoms. The molecule has 2 heterocycles. The predicted molar refractivity (Wildman–Crippen MR) is 101 cm³/mol. The highest BCUT2D eigenvalue weighted by atomic mass is 16.6. The Morgan fingerprint density at radius 1 is 1.30 bits per heavy atom. The number of aromatic amines is 1. The standard InChI is InChI=1S/C20H25N5O2/c1-12-6-15(4-5-21-12)22-18-8-17(24-25-18)14-2-3-16(7-14)27-19(26)23-20-9-13(10-20)11-20/h4-6,8,13-14,16H,2-3,7,9-11H2,1H3,(H,23,26)(H2,21,22,24,25)/t13?,14-,16+,20?/m0/s1. The van der Waals surface area contributed by atoms with Gasteiger partial charge in [0.05, 0.1) is 0 Å². The fourth-order valence-corrected chi connectivity index (χ4v) is 4.74. The van der Waals surface area contributed by atoms with Gasteiger partial charge in [0.15, 0.2) is 5.82 Å². The number of hydrogen-bond acceptors (Lipinski definition) is 5. The van der Waals surface area contributed by atoms with Crippen LogP contribution in [-0.2, 0) is 4.74 Å².